The number of hydrogen-bond acceptors (Lipinski definition) is 6. The smallest absolute Gasteiger partial charge is 0.305 e. The zero-order chi connectivity index (χ0) is 33.0. The molecule has 0 radical (unpaired) electrons. The van der Waals surface area contributed by atoms with E-state index in [9.17, 15) is 33.9 Å². The Kier molecular flexibility index (Phi) is 10.9. The van der Waals surface area contributed by atoms with E-state index in [2.05, 4.69) is 42.2 Å². The molecule has 0 unspecified atom stereocenters. The number of carboxylic acid groups (broad SMARTS) is 1. The molecule has 0 saturated carbocycles. The predicted molar refractivity (Wildman–Crippen MR) is 169 cm³/mol. The van der Waals surface area contributed by atoms with Crippen molar-refractivity contribution >= 4 is 62.3 Å². The van der Waals surface area contributed by atoms with Crippen molar-refractivity contribution in [2.75, 3.05) is 6.54 Å². The normalized spacial score (nSPS) is 25.4. The van der Waals surface area contributed by atoms with Gasteiger partial charge in [-0.2, -0.15) is 0 Å². The molecule has 13 nitrogen and oxygen atoms in total. The van der Waals surface area contributed by atoms with Crippen molar-refractivity contribution in [2.24, 2.45) is 11.8 Å². The summed E-state index contributed by atoms with van der Waals surface area (Å²) < 4.78 is 0.594. The van der Waals surface area contributed by atoms with E-state index >= 15 is 0 Å². The van der Waals surface area contributed by atoms with Gasteiger partial charge in [0.15, 0.2) is 0 Å². The number of nitrogens with one attached hydrogen (secondary N) is 5. The van der Waals surface area contributed by atoms with Gasteiger partial charge in [0.25, 0.3) is 0 Å². The zero-order valence-corrected chi connectivity index (χ0v) is 27.4. The van der Waals surface area contributed by atoms with Crippen LogP contribution >= 0.6 is 15.9 Å². The summed E-state index contributed by atoms with van der Waals surface area (Å²) in [6.07, 6.45) is 0.305. The Morgan fingerprint density at radius 3 is 2.22 bits per heavy atom. The maximum absolute atomic E-state index is 13.9. The number of fused-ring (bicyclic) bond motifs is 2. The fourth-order valence-electron chi connectivity index (χ4n) is 5.95. The predicted octanol–water partition coefficient (Wildman–Crippen LogP) is 1.59. The van der Waals surface area contributed by atoms with Gasteiger partial charge in [0.05, 0.1) is 11.0 Å². The van der Waals surface area contributed by atoms with Gasteiger partial charge < -0.3 is 36.3 Å². The van der Waals surface area contributed by atoms with Crippen LogP contribution in [0.1, 0.15) is 58.9 Å². The third kappa shape index (κ3) is 8.02. The number of carboxylic acids is 1. The lowest BCUT2D eigenvalue weighted by molar-refractivity contribution is -0.146. The van der Waals surface area contributed by atoms with Crippen LogP contribution in [-0.2, 0) is 35.2 Å². The third-order valence-corrected chi connectivity index (χ3v) is 8.90. The highest BCUT2D eigenvalue weighted by Gasteiger charge is 2.41. The molecule has 0 spiro atoms. The molecule has 2 fully saturated rings. The van der Waals surface area contributed by atoms with Crippen molar-refractivity contribution < 1.29 is 33.9 Å². The number of aromatic amines is 1. The number of benzene rings is 1. The zero-order valence-electron chi connectivity index (χ0n) is 25.8. The van der Waals surface area contributed by atoms with Gasteiger partial charge in [0.1, 0.15) is 30.2 Å². The molecular formula is C31H41BrN6O7. The number of para-hydroxylation sites is 1. The van der Waals surface area contributed by atoms with Crippen LogP contribution in [0, 0.1) is 11.8 Å². The summed E-state index contributed by atoms with van der Waals surface area (Å²) in [6.45, 7) is 7.48. The highest BCUT2D eigenvalue weighted by molar-refractivity contribution is 9.10. The maximum atomic E-state index is 13.9. The molecular weight excluding hydrogens is 648 g/mol. The van der Waals surface area contributed by atoms with Crippen molar-refractivity contribution in [1.82, 2.24) is 31.2 Å². The van der Waals surface area contributed by atoms with Gasteiger partial charge in [-0.05, 0) is 58.7 Å². The van der Waals surface area contributed by atoms with Crippen LogP contribution in [0.3, 0.4) is 0 Å². The van der Waals surface area contributed by atoms with Gasteiger partial charge in [-0.3, -0.25) is 28.8 Å². The van der Waals surface area contributed by atoms with E-state index in [0.29, 0.717) is 23.0 Å². The number of carbonyl (C=O) groups excluding carboxylic acids is 5. The van der Waals surface area contributed by atoms with Gasteiger partial charge in [-0.1, -0.05) is 45.9 Å². The van der Waals surface area contributed by atoms with E-state index in [4.69, 9.17) is 0 Å². The summed E-state index contributed by atoms with van der Waals surface area (Å²) in [5.41, 5.74) is 1.48. The Balaban J connectivity index is 1.79. The molecule has 1 aromatic carbocycles. The van der Waals surface area contributed by atoms with Gasteiger partial charge in [-0.15, -0.1) is 0 Å². The molecule has 2 aliphatic rings. The molecule has 0 bridgehead atoms. The summed E-state index contributed by atoms with van der Waals surface area (Å²) >= 11 is 3.51. The molecule has 0 aliphatic carbocycles. The standard InChI is InChI=1S/C31H41BrN6O7/c1-15(2)12-20-27(41)34-21(13-18-17-8-5-6-9-19(17)33-26(18)32)28(42)36-22(14-24(39)40)31(45)38-11-7-10-23(38)29(43)37-25(16(3)4)30(44)35-20/h5-6,8-9,15-16,20-23,25,33H,7,10-14H2,1-4H3,(H,34,41)(H,35,44)(H,36,42)(H,37,43)(H,39,40)/t20-,21-,22+,23-,25+/m0/s1. The van der Waals surface area contributed by atoms with E-state index in [1.807, 2.05) is 38.1 Å². The van der Waals surface area contributed by atoms with E-state index in [1.165, 1.54) is 4.90 Å². The van der Waals surface area contributed by atoms with Gasteiger partial charge >= 0.3 is 5.97 Å². The number of hydrogen-bond donors (Lipinski definition) is 6. The Hall–Kier alpha value is -3.94. The molecule has 2 aromatic rings. The average Bonchev–Trinajstić information content (AvgIpc) is 3.57. The summed E-state index contributed by atoms with van der Waals surface area (Å²) in [7, 11) is 0. The number of aliphatic carboxylic acids is 1. The van der Waals surface area contributed by atoms with Gasteiger partial charge in [0.2, 0.25) is 29.5 Å². The number of H-pyrrole nitrogens is 1. The molecule has 14 heteroatoms. The van der Waals surface area contributed by atoms with E-state index < -0.39 is 72.1 Å². The average molecular weight is 690 g/mol. The largest absolute Gasteiger partial charge is 0.481 e. The minimum Gasteiger partial charge on any atom is -0.481 e. The molecule has 5 atom stereocenters. The van der Waals surface area contributed by atoms with Crippen molar-refractivity contribution in [3.8, 4) is 0 Å². The van der Waals surface area contributed by atoms with E-state index in [0.717, 1.165) is 10.9 Å². The van der Waals surface area contributed by atoms with Crippen LogP contribution in [0.5, 0.6) is 0 Å². The molecule has 45 heavy (non-hydrogen) atoms. The van der Waals surface area contributed by atoms with Crippen molar-refractivity contribution in [3.63, 3.8) is 0 Å². The quantitative estimate of drug-likeness (QED) is 0.255. The van der Waals surface area contributed by atoms with Crippen molar-refractivity contribution in [3.05, 3.63) is 34.4 Å². The first-order valence-electron chi connectivity index (χ1n) is 15.3. The first-order chi connectivity index (χ1) is 21.3. The second-order valence-corrected chi connectivity index (χ2v) is 13.3. The lowest BCUT2D eigenvalue weighted by Gasteiger charge is -2.30. The number of aromatic nitrogens is 1. The van der Waals surface area contributed by atoms with Crippen LogP contribution in [0.15, 0.2) is 28.9 Å². The summed E-state index contributed by atoms with van der Waals surface area (Å²) in [5, 5.41) is 21.3. The van der Waals surface area contributed by atoms with Crippen molar-refractivity contribution in [1.29, 1.82) is 0 Å². The van der Waals surface area contributed by atoms with Crippen LogP contribution < -0.4 is 21.3 Å². The number of nitrogens with zero attached hydrogens (tertiary/aromatic N) is 1. The number of amides is 5. The van der Waals surface area contributed by atoms with E-state index in [1.54, 1.807) is 13.8 Å². The molecule has 2 aliphatic heterocycles. The van der Waals surface area contributed by atoms with Gasteiger partial charge in [0, 0.05) is 23.9 Å². The first-order valence-corrected chi connectivity index (χ1v) is 16.0. The molecule has 5 amide bonds. The Labute approximate surface area is 269 Å². The minimum absolute atomic E-state index is 0.0144. The molecule has 3 heterocycles. The van der Waals surface area contributed by atoms with Crippen LogP contribution in [0.2, 0.25) is 0 Å². The lowest BCUT2D eigenvalue weighted by atomic mass is 9.98. The second kappa shape index (κ2) is 14.4. The van der Waals surface area contributed by atoms with Crippen LogP contribution in [-0.4, -0.2) is 87.2 Å². The SMILES string of the molecule is CC(C)C[C@@H]1NC(=O)[C@@H](C(C)C)NC(=O)[C@@H]2CCCN2C(=O)[C@@H](CC(=O)O)NC(=O)[C@H](Cc2c(Br)[nH]c3ccccc23)NC1=O. The summed E-state index contributed by atoms with van der Waals surface area (Å²) in [5.74, 6) is -4.93. The Morgan fingerprint density at radius 1 is 0.911 bits per heavy atom. The summed E-state index contributed by atoms with van der Waals surface area (Å²) in [6, 6.07) is 1.68. The number of carbonyl (C=O) groups is 6. The van der Waals surface area contributed by atoms with Crippen LogP contribution in [0.25, 0.3) is 10.9 Å². The Bertz CT molecular complexity index is 1470. The van der Waals surface area contributed by atoms with Gasteiger partial charge in [-0.25, -0.2) is 0 Å². The van der Waals surface area contributed by atoms with Crippen LogP contribution in [0.4, 0.5) is 0 Å². The first kappa shape index (κ1) is 33.9. The fraction of sp³-hybridized carbons (Fsp3) is 0.548. The fourth-order valence-corrected chi connectivity index (χ4v) is 6.54. The molecule has 2 saturated heterocycles. The number of halogens is 1. The monoisotopic (exact) mass is 688 g/mol. The topological polar surface area (TPSA) is 190 Å². The van der Waals surface area contributed by atoms with E-state index in [-0.39, 0.29) is 31.2 Å². The molecule has 6 N–H and O–H groups in total. The minimum atomic E-state index is -1.49. The number of rotatable bonds is 7. The third-order valence-electron chi connectivity index (χ3n) is 8.22. The molecule has 244 valence electrons. The summed E-state index contributed by atoms with van der Waals surface area (Å²) in [4.78, 5) is 84.8. The highest BCUT2D eigenvalue weighted by Crippen LogP contribution is 2.28. The highest BCUT2D eigenvalue weighted by atomic mass is 79.9. The molecule has 1 aromatic heterocycles. The maximum Gasteiger partial charge on any atom is 0.305 e. The second-order valence-electron chi connectivity index (χ2n) is 12.5. The molecule has 4 rings (SSSR count). The lowest BCUT2D eigenvalue weighted by Crippen LogP contribution is -2.59. The van der Waals surface area contributed by atoms with Crippen molar-refractivity contribution in [2.45, 2.75) is 90.0 Å². The Morgan fingerprint density at radius 2 is 1.56 bits per heavy atom.